The van der Waals surface area contributed by atoms with E-state index in [1.807, 2.05) is 66.7 Å². The van der Waals surface area contributed by atoms with Crippen LogP contribution in [0.15, 0.2) is 79.1 Å². The Morgan fingerprint density at radius 2 is 1.50 bits per heavy atom. The molecule has 0 aliphatic rings. The fourth-order valence-electron chi connectivity index (χ4n) is 3.60. The van der Waals surface area contributed by atoms with E-state index in [9.17, 15) is 9.90 Å². The molecule has 168 valence electrons. The van der Waals surface area contributed by atoms with Crippen molar-refractivity contribution in [2.45, 2.75) is 32.5 Å². The summed E-state index contributed by atoms with van der Waals surface area (Å²) in [5.74, 6) is -0.425. The number of fused-ring (bicyclic) bond motifs is 1. The van der Waals surface area contributed by atoms with E-state index in [0.29, 0.717) is 38.4 Å². The van der Waals surface area contributed by atoms with Gasteiger partial charge in [-0.2, -0.15) is 0 Å². The molecule has 3 heterocycles. The normalized spacial score (nSPS) is 10.7. The smallest absolute Gasteiger partial charge is 0.550 e. The van der Waals surface area contributed by atoms with Crippen LogP contribution in [0.3, 0.4) is 0 Å². The van der Waals surface area contributed by atoms with Gasteiger partial charge in [0, 0.05) is 43.4 Å². The Balaban J connectivity index is 0.00000324. The number of hydrogen-bond acceptors (Lipinski definition) is 7. The molecule has 0 radical (unpaired) electrons. The van der Waals surface area contributed by atoms with Crippen molar-refractivity contribution < 1.29 is 44.2 Å². The first-order valence-corrected chi connectivity index (χ1v) is 10.9. The summed E-state index contributed by atoms with van der Waals surface area (Å²) in [4.78, 5) is 26.7. The summed E-state index contributed by atoms with van der Waals surface area (Å²) in [5, 5.41) is 11.6. The molecule has 0 amide bonds. The van der Waals surface area contributed by atoms with Gasteiger partial charge < -0.3 is 14.6 Å². The van der Waals surface area contributed by atoms with Crippen LogP contribution < -0.4 is 39.4 Å². The second-order valence-corrected chi connectivity index (χ2v) is 7.74. The van der Waals surface area contributed by atoms with Crippen molar-refractivity contribution >= 4 is 16.9 Å². The number of nitrogens with zero attached hydrogens (tertiary/aromatic N) is 4. The van der Waals surface area contributed by atoms with Crippen LogP contribution in [0.25, 0.3) is 10.9 Å². The van der Waals surface area contributed by atoms with Crippen molar-refractivity contribution in [3.8, 4) is 5.75 Å². The molecular formula is C26H25N4NaO3. The second-order valence-electron chi connectivity index (χ2n) is 7.74. The van der Waals surface area contributed by atoms with Gasteiger partial charge in [-0.15, -0.1) is 0 Å². The zero-order valence-electron chi connectivity index (χ0n) is 19.3. The Kier molecular flexibility index (Phi) is 9.97. The average Bonchev–Trinajstić information content (AvgIpc) is 2.83. The Bertz CT molecular complexity index is 1150. The number of ether oxygens (including phenoxy) is 1. The number of hydrogen-bond donors (Lipinski definition) is 0. The van der Waals surface area contributed by atoms with E-state index in [4.69, 9.17) is 9.72 Å². The minimum absolute atomic E-state index is 0. The minimum atomic E-state index is -1.07. The molecule has 7 nitrogen and oxygen atoms in total. The fourth-order valence-corrected chi connectivity index (χ4v) is 3.60. The van der Waals surface area contributed by atoms with E-state index >= 15 is 0 Å². The van der Waals surface area contributed by atoms with Gasteiger partial charge in [0.05, 0.1) is 23.7 Å². The number of carbonyl (C=O) groups excluding carboxylic acids is 1. The van der Waals surface area contributed by atoms with Gasteiger partial charge in [0.2, 0.25) is 0 Å². The molecule has 3 aromatic heterocycles. The van der Waals surface area contributed by atoms with E-state index in [1.54, 1.807) is 12.4 Å². The molecule has 0 saturated carbocycles. The Morgan fingerprint density at radius 3 is 2.12 bits per heavy atom. The molecule has 34 heavy (non-hydrogen) atoms. The second kappa shape index (κ2) is 13.2. The Hall–Kier alpha value is -2.84. The van der Waals surface area contributed by atoms with Gasteiger partial charge in [-0.25, -0.2) is 4.98 Å². The molecule has 0 aliphatic carbocycles. The SMILES string of the molecule is O=C([O-])CCCOc1cccc2ccc(CN(Cc3ccccn3)Cc3ccccn3)nc12.[Na+]. The molecule has 0 bridgehead atoms. The van der Waals surface area contributed by atoms with Gasteiger partial charge >= 0.3 is 29.6 Å². The summed E-state index contributed by atoms with van der Waals surface area (Å²) in [6.07, 6.45) is 3.96. The van der Waals surface area contributed by atoms with Gasteiger partial charge in [-0.3, -0.25) is 14.9 Å². The van der Waals surface area contributed by atoms with Crippen molar-refractivity contribution in [2.24, 2.45) is 0 Å². The third-order valence-corrected chi connectivity index (χ3v) is 5.13. The first-order chi connectivity index (χ1) is 16.2. The number of aromatic nitrogens is 3. The maximum Gasteiger partial charge on any atom is 1.00 e. The van der Waals surface area contributed by atoms with E-state index in [1.165, 1.54) is 0 Å². The Morgan fingerprint density at radius 1 is 0.824 bits per heavy atom. The maximum absolute atomic E-state index is 10.6. The summed E-state index contributed by atoms with van der Waals surface area (Å²) in [7, 11) is 0. The predicted octanol–water partition coefficient (Wildman–Crippen LogP) is 0.140. The van der Waals surface area contributed by atoms with E-state index < -0.39 is 5.97 Å². The van der Waals surface area contributed by atoms with Crippen molar-refractivity contribution in [3.05, 3.63) is 96.2 Å². The molecule has 0 atom stereocenters. The van der Waals surface area contributed by atoms with Crippen LogP contribution >= 0.6 is 0 Å². The van der Waals surface area contributed by atoms with Crippen LogP contribution in [0.4, 0.5) is 0 Å². The number of carboxylic acid groups (broad SMARTS) is 1. The standard InChI is InChI=1S/C26H26N4O3.Na/c31-25(32)11-6-16-33-24-10-5-7-20-12-13-23(29-26(20)24)19-30(17-21-8-1-3-14-27-21)18-22-9-2-4-15-28-22;/h1-5,7-10,12-15H,6,11,16-19H2,(H,31,32);/q;+1/p-1. The number of carbonyl (C=O) groups is 1. The van der Waals surface area contributed by atoms with Crippen molar-refractivity contribution in [3.63, 3.8) is 0 Å². The summed E-state index contributed by atoms with van der Waals surface area (Å²) in [5.41, 5.74) is 3.62. The molecule has 0 fully saturated rings. The molecule has 0 saturated heterocycles. The maximum atomic E-state index is 10.6. The van der Waals surface area contributed by atoms with Gasteiger partial charge in [0.25, 0.3) is 0 Å². The third-order valence-electron chi connectivity index (χ3n) is 5.13. The predicted molar refractivity (Wildman–Crippen MR) is 123 cm³/mol. The number of carboxylic acids is 1. The van der Waals surface area contributed by atoms with Crippen LogP contribution in [-0.4, -0.2) is 32.4 Å². The number of rotatable bonds is 11. The quantitative estimate of drug-likeness (QED) is 0.230. The van der Waals surface area contributed by atoms with Crippen LogP contribution in [0.2, 0.25) is 0 Å². The molecule has 1 aromatic carbocycles. The van der Waals surface area contributed by atoms with Crippen LogP contribution in [0.5, 0.6) is 5.75 Å². The van der Waals surface area contributed by atoms with Crippen LogP contribution in [0, 0.1) is 0 Å². The third kappa shape index (κ3) is 7.60. The molecule has 0 unspecified atom stereocenters. The van der Waals surface area contributed by atoms with Gasteiger partial charge in [-0.05, 0) is 49.2 Å². The van der Waals surface area contributed by atoms with Crippen molar-refractivity contribution in [2.75, 3.05) is 6.61 Å². The van der Waals surface area contributed by atoms with Gasteiger partial charge in [0.15, 0.2) is 0 Å². The van der Waals surface area contributed by atoms with E-state index in [-0.39, 0.29) is 36.0 Å². The van der Waals surface area contributed by atoms with Crippen LogP contribution in [0.1, 0.15) is 29.9 Å². The zero-order chi connectivity index (χ0) is 22.9. The zero-order valence-corrected chi connectivity index (χ0v) is 21.3. The van der Waals surface area contributed by atoms with Crippen molar-refractivity contribution in [1.82, 2.24) is 19.9 Å². The van der Waals surface area contributed by atoms with Crippen LogP contribution in [-0.2, 0) is 24.4 Å². The summed E-state index contributed by atoms with van der Waals surface area (Å²) < 4.78 is 5.83. The van der Waals surface area contributed by atoms with Crippen molar-refractivity contribution in [1.29, 1.82) is 0 Å². The van der Waals surface area contributed by atoms with Gasteiger partial charge in [0.1, 0.15) is 11.3 Å². The topological polar surface area (TPSA) is 91.3 Å². The van der Waals surface area contributed by atoms with E-state index in [2.05, 4.69) is 14.9 Å². The number of benzene rings is 1. The molecule has 0 N–H and O–H groups in total. The van der Waals surface area contributed by atoms with E-state index in [0.717, 1.165) is 28.0 Å². The average molecular weight is 465 g/mol. The minimum Gasteiger partial charge on any atom is -0.550 e. The fraction of sp³-hybridized carbons (Fsp3) is 0.231. The number of para-hydroxylation sites is 1. The van der Waals surface area contributed by atoms with Gasteiger partial charge in [-0.1, -0.05) is 30.3 Å². The Labute approximate surface area is 221 Å². The largest absolute Gasteiger partial charge is 1.00 e. The number of pyridine rings is 3. The molecule has 4 rings (SSSR count). The summed E-state index contributed by atoms with van der Waals surface area (Å²) in [6.45, 7) is 2.24. The number of aliphatic carboxylic acids is 1. The molecule has 8 heteroatoms. The molecule has 0 aliphatic heterocycles. The first-order valence-electron chi connectivity index (χ1n) is 10.9. The molecule has 0 spiro atoms. The summed E-state index contributed by atoms with van der Waals surface area (Å²) in [6, 6.07) is 21.6. The monoisotopic (exact) mass is 464 g/mol. The molecule has 4 aromatic rings. The summed E-state index contributed by atoms with van der Waals surface area (Å²) >= 11 is 0. The molecular weight excluding hydrogens is 439 g/mol. The first kappa shape index (κ1) is 25.8.